The third-order valence-corrected chi connectivity index (χ3v) is 3.56. The van der Waals surface area contributed by atoms with E-state index >= 15 is 0 Å². The molecule has 2 aromatic rings. The fraction of sp³-hybridized carbons (Fsp3) is 0.462. The van der Waals surface area contributed by atoms with Gasteiger partial charge in [0.2, 0.25) is 17.6 Å². The van der Waals surface area contributed by atoms with Gasteiger partial charge in [0, 0.05) is 25.4 Å². The standard InChI is InChI=1S/C13H18N4O2S/c1-9(14)6-7-15-11(18)4-5-12-16-13(17-19-12)10-3-2-8-20-10/h2-3,8-9H,4-7,14H2,1H3,(H,15,18). The van der Waals surface area contributed by atoms with E-state index < -0.39 is 0 Å². The van der Waals surface area contributed by atoms with E-state index in [9.17, 15) is 4.79 Å². The average molecular weight is 294 g/mol. The van der Waals surface area contributed by atoms with Crippen LogP contribution >= 0.6 is 11.3 Å². The first kappa shape index (κ1) is 14.7. The van der Waals surface area contributed by atoms with E-state index in [1.165, 1.54) is 0 Å². The number of nitrogens with one attached hydrogen (secondary N) is 1. The molecule has 6 nitrogen and oxygen atoms in total. The minimum absolute atomic E-state index is 0.0264. The summed E-state index contributed by atoms with van der Waals surface area (Å²) in [4.78, 5) is 16.8. The third kappa shape index (κ3) is 4.43. The highest BCUT2D eigenvalue weighted by atomic mass is 32.1. The summed E-state index contributed by atoms with van der Waals surface area (Å²) in [5.74, 6) is 1.03. The van der Waals surface area contributed by atoms with Gasteiger partial charge in [0.1, 0.15) is 0 Å². The lowest BCUT2D eigenvalue weighted by molar-refractivity contribution is -0.121. The Balaban J connectivity index is 1.75. The Labute approximate surface area is 121 Å². The van der Waals surface area contributed by atoms with E-state index in [1.807, 2.05) is 24.4 Å². The topological polar surface area (TPSA) is 94.0 Å². The first-order valence-corrected chi connectivity index (χ1v) is 7.42. The molecule has 3 N–H and O–H groups in total. The molecule has 0 fully saturated rings. The summed E-state index contributed by atoms with van der Waals surface area (Å²) in [7, 11) is 0. The first-order chi connectivity index (χ1) is 9.65. The van der Waals surface area contributed by atoms with E-state index in [-0.39, 0.29) is 11.9 Å². The van der Waals surface area contributed by atoms with E-state index in [0.29, 0.717) is 31.1 Å². The largest absolute Gasteiger partial charge is 0.356 e. The van der Waals surface area contributed by atoms with Gasteiger partial charge in [-0.25, -0.2) is 0 Å². The monoisotopic (exact) mass is 294 g/mol. The second-order valence-electron chi connectivity index (χ2n) is 4.60. The van der Waals surface area contributed by atoms with Crippen molar-refractivity contribution in [2.24, 2.45) is 5.73 Å². The highest BCUT2D eigenvalue weighted by Crippen LogP contribution is 2.21. The Morgan fingerprint density at radius 1 is 1.60 bits per heavy atom. The molecule has 2 rings (SSSR count). The van der Waals surface area contributed by atoms with Crippen LogP contribution in [0.4, 0.5) is 0 Å². The van der Waals surface area contributed by atoms with Gasteiger partial charge < -0.3 is 15.6 Å². The molecule has 1 unspecified atom stereocenters. The minimum atomic E-state index is -0.0264. The summed E-state index contributed by atoms with van der Waals surface area (Å²) in [5.41, 5.74) is 5.61. The average Bonchev–Trinajstić information content (AvgIpc) is 3.06. The van der Waals surface area contributed by atoms with Crippen molar-refractivity contribution in [2.75, 3.05) is 6.54 Å². The van der Waals surface area contributed by atoms with Crippen molar-refractivity contribution >= 4 is 17.2 Å². The molecule has 0 saturated carbocycles. The fourth-order valence-corrected chi connectivity index (χ4v) is 2.26. The number of rotatable bonds is 7. The molecular weight excluding hydrogens is 276 g/mol. The number of nitrogens with zero attached hydrogens (tertiary/aromatic N) is 2. The van der Waals surface area contributed by atoms with Crippen molar-refractivity contribution in [3.63, 3.8) is 0 Å². The van der Waals surface area contributed by atoms with Gasteiger partial charge >= 0.3 is 0 Å². The normalized spacial score (nSPS) is 12.3. The van der Waals surface area contributed by atoms with Gasteiger partial charge in [0.15, 0.2) is 0 Å². The molecule has 0 aromatic carbocycles. The molecule has 0 saturated heterocycles. The van der Waals surface area contributed by atoms with Crippen LogP contribution in [0.15, 0.2) is 22.0 Å². The second-order valence-corrected chi connectivity index (χ2v) is 5.55. The maximum absolute atomic E-state index is 11.6. The van der Waals surface area contributed by atoms with Crippen LogP contribution in [0.2, 0.25) is 0 Å². The van der Waals surface area contributed by atoms with Crippen molar-refractivity contribution in [1.82, 2.24) is 15.5 Å². The number of hydrogen-bond acceptors (Lipinski definition) is 6. The fourth-order valence-electron chi connectivity index (χ4n) is 1.61. The van der Waals surface area contributed by atoms with Gasteiger partial charge in [-0.3, -0.25) is 4.79 Å². The number of aromatic nitrogens is 2. The maximum Gasteiger partial charge on any atom is 0.227 e. The molecule has 7 heteroatoms. The number of thiophene rings is 1. The lowest BCUT2D eigenvalue weighted by Crippen LogP contribution is -2.29. The van der Waals surface area contributed by atoms with E-state index in [1.54, 1.807) is 11.3 Å². The van der Waals surface area contributed by atoms with Crippen molar-refractivity contribution in [3.05, 3.63) is 23.4 Å². The van der Waals surface area contributed by atoms with Crippen LogP contribution in [0.5, 0.6) is 0 Å². The Kier molecular flexibility index (Phi) is 5.25. The van der Waals surface area contributed by atoms with E-state index in [4.69, 9.17) is 10.3 Å². The van der Waals surface area contributed by atoms with E-state index in [0.717, 1.165) is 11.3 Å². The van der Waals surface area contributed by atoms with Gasteiger partial charge in [-0.1, -0.05) is 11.2 Å². The highest BCUT2D eigenvalue weighted by molar-refractivity contribution is 7.13. The quantitative estimate of drug-likeness (QED) is 0.808. The summed E-state index contributed by atoms with van der Waals surface area (Å²) >= 11 is 1.55. The van der Waals surface area contributed by atoms with Crippen molar-refractivity contribution in [2.45, 2.75) is 32.2 Å². The molecule has 1 atom stereocenters. The molecule has 20 heavy (non-hydrogen) atoms. The molecule has 1 amide bonds. The number of carbonyl (C=O) groups excluding carboxylic acids is 1. The summed E-state index contributed by atoms with van der Waals surface area (Å²) in [6.45, 7) is 2.51. The number of amides is 1. The molecule has 108 valence electrons. The molecule has 2 heterocycles. The summed E-state index contributed by atoms with van der Waals surface area (Å²) in [6.07, 6.45) is 1.56. The van der Waals surface area contributed by atoms with Gasteiger partial charge in [-0.05, 0) is 24.8 Å². The summed E-state index contributed by atoms with van der Waals surface area (Å²) < 4.78 is 5.13. The predicted octanol–water partition coefficient (Wildman–Crippen LogP) is 1.58. The van der Waals surface area contributed by atoms with Gasteiger partial charge in [-0.2, -0.15) is 4.98 Å². The van der Waals surface area contributed by atoms with Crippen LogP contribution in [-0.4, -0.2) is 28.6 Å². The van der Waals surface area contributed by atoms with E-state index in [2.05, 4.69) is 15.5 Å². The summed E-state index contributed by atoms with van der Waals surface area (Å²) in [6, 6.07) is 3.96. The molecular formula is C13H18N4O2S. The van der Waals surface area contributed by atoms with Crippen LogP contribution < -0.4 is 11.1 Å². The van der Waals surface area contributed by atoms with Gasteiger partial charge in [0.05, 0.1) is 4.88 Å². The zero-order valence-electron chi connectivity index (χ0n) is 11.3. The van der Waals surface area contributed by atoms with Crippen molar-refractivity contribution < 1.29 is 9.32 Å². The van der Waals surface area contributed by atoms with Gasteiger partial charge in [-0.15, -0.1) is 11.3 Å². The van der Waals surface area contributed by atoms with Crippen LogP contribution in [0, 0.1) is 0 Å². The Morgan fingerprint density at radius 2 is 2.45 bits per heavy atom. The Hall–Kier alpha value is -1.73. The van der Waals surface area contributed by atoms with Crippen molar-refractivity contribution in [1.29, 1.82) is 0 Å². The highest BCUT2D eigenvalue weighted by Gasteiger charge is 2.11. The molecule has 0 aliphatic rings. The Morgan fingerprint density at radius 3 is 3.15 bits per heavy atom. The zero-order chi connectivity index (χ0) is 14.4. The lowest BCUT2D eigenvalue weighted by atomic mass is 10.2. The van der Waals surface area contributed by atoms with Crippen LogP contribution in [0.3, 0.4) is 0 Å². The maximum atomic E-state index is 11.6. The molecule has 2 aromatic heterocycles. The number of aryl methyl sites for hydroxylation is 1. The smallest absolute Gasteiger partial charge is 0.227 e. The molecule has 0 aliphatic carbocycles. The molecule has 0 bridgehead atoms. The van der Waals surface area contributed by atoms with Crippen LogP contribution in [-0.2, 0) is 11.2 Å². The van der Waals surface area contributed by atoms with Gasteiger partial charge in [0.25, 0.3) is 0 Å². The minimum Gasteiger partial charge on any atom is -0.356 e. The SMILES string of the molecule is CC(N)CCNC(=O)CCc1nc(-c2cccs2)no1. The lowest BCUT2D eigenvalue weighted by Gasteiger charge is -2.06. The zero-order valence-corrected chi connectivity index (χ0v) is 12.2. The number of hydrogen-bond donors (Lipinski definition) is 2. The van der Waals surface area contributed by atoms with Crippen LogP contribution in [0.1, 0.15) is 25.7 Å². The summed E-state index contributed by atoms with van der Waals surface area (Å²) in [5, 5.41) is 8.67. The second kappa shape index (κ2) is 7.16. The molecule has 0 spiro atoms. The van der Waals surface area contributed by atoms with Crippen LogP contribution in [0.25, 0.3) is 10.7 Å². The Bertz CT molecular complexity index is 536. The number of nitrogens with two attached hydrogens (primary N) is 1. The molecule has 0 radical (unpaired) electrons. The predicted molar refractivity (Wildman–Crippen MR) is 77.2 cm³/mol. The number of carbonyl (C=O) groups is 1. The first-order valence-electron chi connectivity index (χ1n) is 6.54. The van der Waals surface area contributed by atoms with Crippen molar-refractivity contribution in [3.8, 4) is 10.7 Å². The molecule has 0 aliphatic heterocycles. The third-order valence-electron chi connectivity index (χ3n) is 2.70.